The number of halogens is 1. The molecule has 1 heterocycles. The van der Waals surface area contributed by atoms with Crippen molar-refractivity contribution in [1.29, 1.82) is 0 Å². The van der Waals surface area contributed by atoms with Crippen molar-refractivity contribution in [2.75, 3.05) is 0 Å². The third-order valence-corrected chi connectivity index (χ3v) is 3.42. The molecule has 0 saturated carbocycles. The van der Waals surface area contributed by atoms with E-state index in [-0.39, 0.29) is 16.5 Å². The van der Waals surface area contributed by atoms with Crippen LogP contribution in [0.15, 0.2) is 39.7 Å². The van der Waals surface area contributed by atoms with Crippen molar-refractivity contribution in [3.05, 3.63) is 44.6 Å². The summed E-state index contributed by atoms with van der Waals surface area (Å²) in [5, 5.41) is 17.5. The van der Waals surface area contributed by atoms with E-state index in [9.17, 15) is 19.7 Å². The van der Waals surface area contributed by atoms with Gasteiger partial charge in [0.25, 0.3) is 11.6 Å². The number of ether oxygens (including phenoxy) is 1. The molecule has 0 aliphatic carbocycles. The first-order chi connectivity index (χ1) is 10.3. The van der Waals surface area contributed by atoms with E-state index < -0.39 is 22.7 Å². The number of nitro benzene ring substituents is 1. The van der Waals surface area contributed by atoms with E-state index in [1.807, 2.05) is 0 Å². The Bertz CT molecular complexity index is 741. The predicted molar refractivity (Wildman–Crippen MR) is 75.5 cm³/mol. The maximum absolute atomic E-state index is 12.1. The third-order valence-electron chi connectivity index (χ3n) is 3.12. The van der Waals surface area contributed by atoms with Gasteiger partial charge in [0.1, 0.15) is 10.8 Å². The largest absolute Gasteiger partial charge is 0.426 e. The molecule has 0 fully saturated rings. The van der Waals surface area contributed by atoms with Crippen LogP contribution >= 0.6 is 11.6 Å². The maximum Gasteiger partial charge on any atom is 0.328 e. The lowest BCUT2D eigenvalue weighted by Gasteiger charge is -2.16. The molecule has 1 atom stereocenters. The zero-order valence-electron chi connectivity index (χ0n) is 11.6. The van der Waals surface area contributed by atoms with E-state index in [2.05, 4.69) is 10.2 Å². The first-order valence-electron chi connectivity index (χ1n) is 6.10. The van der Waals surface area contributed by atoms with Crippen LogP contribution in [0.1, 0.15) is 13.8 Å². The number of rotatable bonds is 3. The van der Waals surface area contributed by atoms with Crippen molar-refractivity contribution in [1.82, 2.24) is 0 Å². The van der Waals surface area contributed by atoms with E-state index in [0.717, 1.165) is 12.1 Å². The van der Waals surface area contributed by atoms with Gasteiger partial charge in [-0.3, -0.25) is 19.7 Å². The molecule has 0 bridgehead atoms. The highest BCUT2D eigenvalue weighted by Gasteiger charge is 2.34. The van der Waals surface area contributed by atoms with Crippen LogP contribution < -0.4 is 4.74 Å². The smallest absolute Gasteiger partial charge is 0.328 e. The molecule has 0 aromatic heterocycles. The van der Waals surface area contributed by atoms with Crippen molar-refractivity contribution in [3.63, 3.8) is 0 Å². The molecule has 1 aromatic carbocycles. The van der Waals surface area contributed by atoms with Crippen LogP contribution in [0.3, 0.4) is 0 Å². The second-order valence-electron chi connectivity index (χ2n) is 4.53. The molecule has 9 heteroatoms. The average molecular weight is 324 g/mol. The standard InChI is InChI=1S/C13H10ClN3O5/c1-6-7(2)15-16-12(18)11(6)13(19)22-8-3-4-10(17(20)21)9(14)5-8/h3-5,11H,1-2H3. The van der Waals surface area contributed by atoms with Crippen molar-refractivity contribution in [2.24, 2.45) is 16.1 Å². The first-order valence-corrected chi connectivity index (χ1v) is 6.47. The van der Waals surface area contributed by atoms with E-state index in [4.69, 9.17) is 16.3 Å². The number of azo groups is 1. The molecular weight excluding hydrogens is 314 g/mol. The fourth-order valence-corrected chi connectivity index (χ4v) is 2.05. The summed E-state index contributed by atoms with van der Waals surface area (Å²) >= 11 is 5.73. The summed E-state index contributed by atoms with van der Waals surface area (Å²) in [6, 6.07) is 3.47. The van der Waals surface area contributed by atoms with Gasteiger partial charge in [-0.25, -0.2) is 0 Å². The minimum Gasteiger partial charge on any atom is -0.426 e. The van der Waals surface area contributed by atoms with Crippen LogP contribution in [0.4, 0.5) is 5.69 Å². The molecule has 8 nitrogen and oxygen atoms in total. The van der Waals surface area contributed by atoms with Gasteiger partial charge in [-0.15, -0.1) is 5.11 Å². The van der Waals surface area contributed by atoms with Crippen molar-refractivity contribution < 1.29 is 19.2 Å². The summed E-state index contributed by atoms with van der Waals surface area (Å²) in [7, 11) is 0. The first kappa shape index (κ1) is 15.8. The van der Waals surface area contributed by atoms with Crippen molar-refractivity contribution in [3.8, 4) is 5.75 Å². The predicted octanol–water partition coefficient (Wildman–Crippen LogP) is 3.06. The van der Waals surface area contributed by atoms with Gasteiger partial charge in [0, 0.05) is 12.1 Å². The van der Waals surface area contributed by atoms with Gasteiger partial charge in [0.05, 0.1) is 10.6 Å². The van der Waals surface area contributed by atoms with Gasteiger partial charge < -0.3 is 4.74 Å². The molecule has 0 spiro atoms. The van der Waals surface area contributed by atoms with E-state index in [0.29, 0.717) is 11.3 Å². The summed E-state index contributed by atoms with van der Waals surface area (Å²) in [6.07, 6.45) is 0. The lowest BCUT2D eigenvalue weighted by atomic mass is 9.97. The number of benzene rings is 1. The van der Waals surface area contributed by atoms with Crippen LogP contribution in [0, 0.1) is 16.0 Å². The number of hydrogen-bond acceptors (Lipinski definition) is 6. The second kappa shape index (κ2) is 6.02. The Morgan fingerprint density at radius 3 is 2.64 bits per heavy atom. The molecule has 1 aliphatic rings. The van der Waals surface area contributed by atoms with E-state index >= 15 is 0 Å². The van der Waals surface area contributed by atoms with Crippen LogP contribution in [-0.2, 0) is 9.59 Å². The maximum atomic E-state index is 12.1. The number of nitrogens with zero attached hydrogens (tertiary/aromatic N) is 3. The Kier molecular flexibility index (Phi) is 4.32. The highest BCUT2D eigenvalue weighted by Crippen LogP contribution is 2.30. The summed E-state index contributed by atoms with van der Waals surface area (Å²) < 4.78 is 5.06. The van der Waals surface area contributed by atoms with Gasteiger partial charge in [-0.05, 0) is 25.5 Å². The molecule has 114 valence electrons. The fraction of sp³-hybridized carbons (Fsp3) is 0.231. The van der Waals surface area contributed by atoms with Gasteiger partial charge in [0.15, 0.2) is 5.92 Å². The Morgan fingerprint density at radius 1 is 1.36 bits per heavy atom. The molecule has 0 saturated heterocycles. The number of hydrogen-bond donors (Lipinski definition) is 0. The zero-order valence-corrected chi connectivity index (χ0v) is 12.3. The Labute approximate surface area is 129 Å². The summed E-state index contributed by atoms with van der Waals surface area (Å²) in [5.74, 6) is -2.74. The fourth-order valence-electron chi connectivity index (χ4n) is 1.81. The lowest BCUT2D eigenvalue weighted by molar-refractivity contribution is -0.384. The van der Waals surface area contributed by atoms with Gasteiger partial charge in [-0.2, -0.15) is 5.11 Å². The molecule has 1 aliphatic heterocycles. The lowest BCUT2D eigenvalue weighted by Crippen LogP contribution is -2.30. The molecule has 0 N–H and O–H groups in total. The number of carbonyl (C=O) groups excluding carboxylic acids is 2. The third kappa shape index (κ3) is 3.01. The normalized spacial score (nSPS) is 17.6. The Morgan fingerprint density at radius 2 is 2.05 bits per heavy atom. The Balaban J connectivity index is 2.23. The van der Waals surface area contributed by atoms with Crippen LogP contribution in [-0.4, -0.2) is 16.8 Å². The molecule has 1 unspecified atom stereocenters. The molecule has 1 amide bonds. The van der Waals surface area contributed by atoms with Crippen molar-refractivity contribution in [2.45, 2.75) is 13.8 Å². The highest BCUT2D eigenvalue weighted by molar-refractivity contribution is 6.32. The monoisotopic (exact) mass is 323 g/mol. The number of carbonyl (C=O) groups is 2. The number of allylic oxidation sites excluding steroid dienone is 1. The van der Waals surface area contributed by atoms with Crippen molar-refractivity contribution >= 4 is 29.2 Å². The average Bonchev–Trinajstić information content (AvgIpc) is 2.43. The SMILES string of the molecule is CC1=C(C)C(C(=O)Oc2ccc([N+](=O)[O-])c(Cl)c2)C(=O)N=N1. The van der Waals surface area contributed by atoms with Gasteiger partial charge in [0.2, 0.25) is 0 Å². The highest BCUT2D eigenvalue weighted by atomic mass is 35.5. The molecule has 22 heavy (non-hydrogen) atoms. The molecule has 2 rings (SSSR count). The molecular formula is C13H10ClN3O5. The van der Waals surface area contributed by atoms with E-state index in [1.165, 1.54) is 6.07 Å². The minimum atomic E-state index is -1.17. The molecule has 0 radical (unpaired) electrons. The minimum absolute atomic E-state index is 0.00126. The summed E-state index contributed by atoms with van der Waals surface area (Å²) in [6.45, 7) is 3.20. The quantitative estimate of drug-likeness (QED) is 0.279. The van der Waals surface area contributed by atoms with Crippen LogP contribution in [0.25, 0.3) is 0 Å². The topological polar surface area (TPSA) is 111 Å². The number of amides is 1. The Hall–Kier alpha value is -2.61. The van der Waals surface area contributed by atoms with Crippen LogP contribution in [0.5, 0.6) is 5.75 Å². The number of esters is 1. The summed E-state index contributed by atoms with van der Waals surface area (Å²) in [5.41, 5.74) is 0.595. The van der Waals surface area contributed by atoms with Crippen LogP contribution in [0.2, 0.25) is 5.02 Å². The number of nitro groups is 1. The van der Waals surface area contributed by atoms with E-state index in [1.54, 1.807) is 13.8 Å². The summed E-state index contributed by atoms with van der Waals surface area (Å²) in [4.78, 5) is 33.8. The molecule has 1 aromatic rings. The van der Waals surface area contributed by atoms with Gasteiger partial charge >= 0.3 is 5.97 Å². The van der Waals surface area contributed by atoms with Gasteiger partial charge in [-0.1, -0.05) is 11.6 Å². The zero-order chi connectivity index (χ0) is 16.4. The second-order valence-corrected chi connectivity index (χ2v) is 4.94.